The van der Waals surface area contributed by atoms with E-state index in [1.54, 1.807) is 24.8 Å². The molecule has 1 N–H and O–H groups in total. The number of nitrogens with one attached hydrogen (secondary N) is 1. The average Bonchev–Trinajstić information content (AvgIpc) is 3.00. The average molecular weight is 354 g/mol. The number of nitrogens with zero attached hydrogens (tertiary/aromatic N) is 5. The molecule has 26 heavy (non-hydrogen) atoms. The molecule has 0 aliphatic carbocycles. The first kappa shape index (κ1) is 17.9. The molecule has 136 valence electrons. The topological polar surface area (TPSA) is 98.8 Å². The number of anilines is 1. The second-order valence-corrected chi connectivity index (χ2v) is 5.72. The summed E-state index contributed by atoms with van der Waals surface area (Å²) in [6.45, 7) is 7.90. The van der Waals surface area contributed by atoms with Crippen LogP contribution in [0.2, 0.25) is 0 Å². The fourth-order valence-electron chi connectivity index (χ4n) is 2.62. The first-order valence-electron chi connectivity index (χ1n) is 8.59. The predicted molar refractivity (Wildman–Crippen MR) is 97.6 cm³/mol. The van der Waals surface area contributed by atoms with Crippen molar-refractivity contribution in [3.05, 3.63) is 36.2 Å². The van der Waals surface area contributed by atoms with Crippen LogP contribution < -0.4 is 5.32 Å². The van der Waals surface area contributed by atoms with Crippen molar-refractivity contribution in [1.82, 2.24) is 25.1 Å². The maximum atomic E-state index is 5.35. The van der Waals surface area contributed by atoms with Gasteiger partial charge in [0.1, 0.15) is 5.76 Å². The summed E-state index contributed by atoms with van der Waals surface area (Å²) < 4.78 is 10.7. The van der Waals surface area contributed by atoms with Gasteiger partial charge in [-0.2, -0.15) is 0 Å². The molecule has 0 radical (unpaired) electrons. The van der Waals surface area contributed by atoms with Gasteiger partial charge in [0, 0.05) is 43.9 Å². The summed E-state index contributed by atoms with van der Waals surface area (Å²) in [6.07, 6.45) is 7.60. The smallest absolute Gasteiger partial charge is 0.223 e. The zero-order valence-electron chi connectivity index (χ0n) is 15.2. The number of rotatable bonds is 8. The Morgan fingerprint density at radius 3 is 2.73 bits per heavy atom. The summed E-state index contributed by atoms with van der Waals surface area (Å²) >= 11 is 0. The highest BCUT2D eigenvalue weighted by molar-refractivity contribution is 5.80. The molecule has 0 atom stereocenters. The Morgan fingerprint density at radius 1 is 1.15 bits per heavy atom. The molecule has 0 aliphatic rings. The number of ether oxygens (including phenoxy) is 1. The molecule has 0 saturated carbocycles. The molecule has 0 saturated heterocycles. The molecule has 3 aromatic heterocycles. The highest BCUT2D eigenvalue weighted by atomic mass is 16.5. The molecule has 0 amide bonds. The highest BCUT2D eigenvalue weighted by Gasteiger charge is 2.19. The summed E-state index contributed by atoms with van der Waals surface area (Å²) in [5.41, 5.74) is 3.83. The van der Waals surface area contributed by atoms with Gasteiger partial charge >= 0.3 is 0 Å². The van der Waals surface area contributed by atoms with Crippen LogP contribution in [0.15, 0.2) is 29.3 Å². The van der Waals surface area contributed by atoms with Crippen molar-refractivity contribution in [3.8, 4) is 22.5 Å². The molecule has 8 heteroatoms. The van der Waals surface area contributed by atoms with E-state index in [0.29, 0.717) is 24.0 Å². The molecule has 0 aliphatic heterocycles. The van der Waals surface area contributed by atoms with E-state index in [1.165, 1.54) is 0 Å². The van der Waals surface area contributed by atoms with Gasteiger partial charge in [-0.25, -0.2) is 9.97 Å². The molecule has 8 nitrogen and oxygen atoms in total. The summed E-state index contributed by atoms with van der Waals surface area (Å²) in [7, 11) is 0. The Morgan fingerprint density at radius 2 is 2.04 bits per heavy atom. The van der Waals surface area contributed by atoms with Crippen LogP contribution in [-0.4, -0.2) is 44.9 Å². The van der Waals surface area contributed by atoms with Crippen LogP contribution in [0.25, 0.3) is 22.5 Å². The van der Waals surface area contributed by atoms with Crippen molar-refractivity contribution in [1.29, 1.82) is 0 Å². The quantitative estimate of drug-likeness (QED) is 0.616. The molecule has 0 bridgehead atoms. The van der Waals surface area contributed by atoms with Gasteiger partial charge in [-0.05, 0) is 27.2 Å². The first-order chi connectivity index (χ1) is 12.7. The Balaban J connectivity index is 1.93. The highest BCUT2D eigenvalue weighted by Crippen LogP contribution is 2.33. The lowest BCUT2D eigenvalue weighted by Crippen LogP contribution is -2.09. The van der Waals surface area contributed by atoms with Gasteiger partial charge in [-0.1, -0.05) is 5.16 Å². The van der Waals surface area contributed by atoms with Crippen molar-refractivity contribution in [2.75, 3.05) is 25.1 Å². The van der Waals surface area contributed by atoms with Crippen LogP contribution in [0.3, 0.4) is 0 Å². The van der Waals surface area contributed by atoms with Crippen molar-refractivity contribution in [3.63, 3.8) is 0 Å². The monoisotopic (exact) mass is 354 g/mol. The molecule has 0 aromatic carbocycles. The van der Waals surface area contributed by atoms with Crippen LogP contribution in [0, 0.1) is 13.8 Å². The molecule has 0 spiro atoms. The minimum absolute atomic E-state index is 0.545. The maximum absolute atomic E-state index is 5.35. The van der Waals surface area contributed by atoms with E-state index in [0.717, 1.165) is 42.1 Å². The minimum Gasteiger partial charge on any atom is -0.382 e. The lowest BCUT2D eigenvalue weighted by molar-refractivity contribution is 0.147. The van der Waals surface area contributed by atoms with Gasteiger partial charge in [0.05, 0.1) is 28.8 Å². The summed E-state index contributed by atoms with van der Waals surface area (Å²) in [6, 6.07) is 0. The van der Waals surface area contributed by atoms with Crippen molar-refractivity contribution in [2.45, 2.75) is 27.2 Å². The minimum atomic E-state index is 0.545. The Bertz CT molecular complexity index is 831. The Hall–Kier alpha value is -2.87. The third-order valence-corrected chi connectivity index (χ3v) is 3.85. The van der Waals surface area contributed by atoms with Gasteiger partial charge in [-0.3, -0.25) is 9.97 Å². The van der Waals surface area contributed by atoms with Crippen LogP contribution in [0.5, 0.6) is 0 Å². The lowest BCUT2D eigenvalue weighted by atomic mass is 10.0. The van der Waals surface area contributed by atoms with Gasteiger partial charge in [0.2, 0.25) is 5.95 Å². The molecular weight excluding hydrogens is 332 g/mol. The molecule has 0 unspecified atom stereocenters. The zero-order valence-corrected chi connectivity index (χ0v) is 15.2. The van der Waals surface area contributed by atoms with Gasteiger partial charge < -0.3 is 14.6 Å². The van der Waals surface area contributed by atoms with Crippen molar-refractivity contribution >= 4 is 5.95 Å². The van der Waals surface area contributed by atoms with E-state index < -0.39 is 0 Å². The van der Waals surface area contributed by atoms with E-state index in [9.17, 15) is 0 Å². The molecule has 3 rings (SSSR count). The van der Waals surface area contributed by atoms with Crippen LogP contribution >= 0.6 is 0 Å². The molecular formula is C18H22N6O2. The second kappa shape index (κ2) is 8.48. The molecule has 3 heterocycles. The third-order valence-electron chi connectivity index (χ3n) is 3.85. The standard InChI is InChI=1S/C18H22N6O2/c1-4-25-9-5-6-21-18-22-10-14(15-11-19-7-8-20-15)17(23-18)16-12(2)24-26-13(16)3/h7-8,10-11H,4-6,9H2,1-3H3,(H,21,22,23). The SMILES string of the molecule is CCOCCCNc1ncc(-c2cnccn2)c(-c2c(C)noc2C)n1. The maximum Gasteiger partial charge on any atom is 0.223 e. The van der Waals surface area contributed by atoms with E-state index in [4.69, 9.17) is 14.2 Å². The van der Waals surface area contributed by atoms with Gasteiger partial charge in [0.15, 0.2) is 0 Å². The molecule has 0 fully saturated rings. The van der Waals surface area contributed by atoms with Crippen LogP contribution in [-0.2, 0) is 4.74 Å². The Kier molecular flexibility index (Phi) is 5.85. The number of aromatic nitrogens is 5. The predicted octanol–water partition coefficient (Wildman–Crippen LogP) is 3.04. The first-order valence-corrected chi connectivity index (χ1v) is 8.59. The van der Waals surface area contributed by atoms with Crippen molar-refractivity contribution < 1.29 is 9.26 Å². The summed E-state index contributed by atoms with van der Waals surface area (Å²) in [5, 5.41) is 7.28. The summed E-state index contributed by atoms with van der Waals surface area (Å²) in [4.78, 5) is 17.6. The van der Waals surface area contributed by atoms with Crippen molar-refractivity contribution in [2.24, 2.45) is 0 Å². The fraction of sp³-hybridized carbons (Fsp3) is 0.389. The largest absolute Gasteiger partial charge is 0.382 e. The fourth-order valence-corrected chi connectivity index (χ4v) is 2.62. The second-order valence-electron chi connectivity index (χ2n) is 5.72. The van der Waals surface area contributed by atoms with Crippen LogP contribution in [0.1, 0.15) is 24.8 Å². The zero-order chi connectivity index (χ0) is 18.4. The Labute approximate surface area is 152 Å². The number of aryl methyl sites for hydroxylation is 2. The third kappa shape index (κ3) is 4.02. The van der Waals surface area contributed by atoms with E-state index in [2.05, 4.69) is 25.4 Å². The van der Waals surface area contributed by atoms with E-state index in [1.807, 2.05) is 20.8 Å². The normalized spacial score (nSPS) is 10.9. The van der Waals surface area contributed by atoms with Gasteiger partial charge in [0.25, 0.3) is 0 Å². The lowest BCUT2D eigenvalue weighted by Gasteiger charge is -2.11. The van der Waals surface area contributed by atoms with E-state index >= 15 is 0 Å². The van der Waals surface area contributed by atoms with Gasteiger partial charge in [-0.15, -0.1) is 0 Å². The van der Waals surface area contributed by atoms with E-state index in [-0.39, 0.29) is 0 Å². The molecule has 3 aromatic rings. The summed E-state index contributed by atoms with van der Waals surface area (Å²) in [5.74, 6) is 1.25. The number of hydrogen-bond donors (Lipinski definition) is 1. The number of hydrogen-bond acceptors (Lipinski definition) is 8. The van der Waals surface area contributed by atoms with Crippen LogP contribution in [0.4, 0.5) is 5.95 Å².